The maximum atomic E-state index is 6.15. The van der Waals surface area contributed by atoms with Crippen molar-refractivity contribution in [3.05, 3.63) is 6.33 Å². The predicted octanol–water partition coefficient (Wildman–Crippen LogP) is 1.85. The van der Waals surface area contributed by atoms with E-state index in [-0.39, 0.29) is 12.2 Å². The lowest BCUT2D eigenvalue weighted by Gasteiger charge is -2.33. The Bertz CT molecular complexity index is 437. The summed E-state index contributed by atoms with van der Waals surface area (Å²) in [6.45, 7) is 8.41. The van der Waals surface area contributed by atoms with Gasteiger partial charge in [-0.25, -0.2) is 4.98 Å². The Morgan fingerprint density at radius 1 is 1.45 bits per heavy atom. The summed E-state index contributed by atoms with van der Waals surface area (Å²) in [5.41, 5.74) is 6.66. The van der Waals surface area contributed by atoms with Crippen molar-refractivity contribution >= 4 is 11.5 Å². The molecule has 1 aromatic rings. The van der Waals surface area contributed by atoms with E-state index >= 15 is 0 Å². The number of aromatic nitrogens is 2. The van der Waals surface area contributed by atoms with Crippen molar-refractivity contribution < 1.29 is 9.47 Å². The fourth-order valence-corrected chi connectivity index (χ4v) is 2.44. The maximum Gasteiger partial charge on any atom is 0.242 e. The minimum absolute atomic E-state index is 0.0394. The maximum absolute atomic E-state index is 6.15. The molecule has 1 saturated heterocycles. The topological polar surface area (TPSA) is 73.5 Å². The van der Waals surface area contributed by atoms with Crippen molar-refractivity contribution in [2.45, 2.75) is 45.8 Å². The summed E-state index contributed by atoms with van der Waals surface area (Å²) in [7, 11) is 0. The molecule has 1 unspecified atom stereocenters. The fraction of sp³-hybridized carbons (Fsp3) is 0.714. The van der Waals surface area contributed by atoms with Crippen LogP contribution in [0.1, 0.15) is 33.6 Å². The quantitative estimate of drug-likeness (QED) is 0.887. The predicted molar refractivity (Wildman–Crippen MR) is 79.1 cm³/mol. The van der Waals surface area contributed by atoms with Crippen molar-refractivity contribution in [3.8, 4) is 5.88 Å². The molecule has 0 bridgehead atoms. The van der Waals surface area contributed by atoms with Crippen LogP contribution >= 0.6 is 0 Å². The van der Waals surface area contributed by atoms with Crippen molar-refractivity contribution in [1.29, 1.82) is 0 Å². The largest absolute Gasteiger partial charge is 0.473 e. The Balaban J connectivity index is 2.15. The van der Waals surface area contributed by atoms with Gasteiger partial charge in [0.25, 0.3) is 0 Å². The molecule has 0 spiro atoms. The number of nitrogen functional groups attached to an aromatic ring is 1. The van der Waals surface area contributed by atoms with Crippen LogP contribution in [-0.2, 0) is 4.74 Å². The minimum atomic E-state index is 0.0394. The number of rotatable bonds is 5. The Morgan fingerprint density at radius 3 is 2.95 bits per heavy atom. The highest BCUT2D eigenvalue weighted by atomic mass is 16.5. The monoisotopic (exact) mass is 280 g/mol. The Hall–Kier alpha value is -1.56. The number of hydrogen-bond acceptors (Lipinski definition) is 6. The van der Waals surface area contributed by atoms with Crippen LogP contribution in [0, 0.1) is 0 Å². The van der Waals surface area contributed by atoms with Crippen LogP contribution in [0.5, 0.6) is 5.88 Å². The van der Waals surface area contributed by atoms with Crippen LogP contribution in [0.4, 0.5) is 11.5 Å². The molecule has 6 heteroatoms. The lowest BCUT2D eigenvalue weighted by molar-refractivity contribution is 0.0525. The molecule has 1 aromatic heterocycles. The number of ether oxygens (including phenoxy) is 2. The first-order chi connectivity index (χ1) is 9.61. The lowest BCUT2D eigenvalue weighted by Crippen LogP contribution is -2.40. The number of nitrogens with two attached hydrogens (primary N) is 1. The van der Waals surface area contributed by atoms with Crippen molar-refractivity contribution in [3.63, 3.8) is 0 Å². The molecule has 0 amide bonds. The van der Waals surface area contributed by atoms with E-state index in [1.54, 1.807) is 0 Å². The van der Waals surface area contributed by atoms with Crippen molar-refractivity contribution in [2.24, 2.45) is 0 Å². The summed E-state index contributed by atoms with van der Waals surface area (Å²) in [6, 6.07) is 0. The van der Waals surface area contributed by atoms with Gasteiger partial charge in [0.2, 0.25) is 5.88 Å². The van der Waals surface area contributed by atoms with Crippen molar-refractivity contribution in [1.82, 2.24) is 9.97 Å². The molecule has 1 aliphatic rings. The molecule has 0 aromatic carbocycles. The van der Waals surface area contributed by atoms with Gasteiger partial charge < -0.3 is 20.1 Å². The molecule has 2 N–H and O–H groups in total. The highest BCUT2D eigenvalue weighted by Gasteiger charge is 2.24. The van der Waals surface area contributed by atoms with E-state index < -0.39 is 0 Å². The lowest BCUT2D eigenvalue weighted by atomic mass is 10.1. The van der Waals surface area contributed by atoms with E-state index in [0.717, 1.165) is 38.4 Å². The summed E-state index contributed by atoms with van der Waals surface area (Å²) < 4.78 is 11.3. The molecule has 20 heavy (non-hydrogen) atoms. The molecule has 2 heterocycles. The van der Waals surface area contributed by atoms with E-state index in [4.69, 9.17) is 15.2 Å². The van der Waals surface area contributed by atoms with Gasteiger partial charge in [0, 0.05) is 19.7 Å². The molecule has 0 radical (unpaired) electrons. The average molecular weight is 280 g/mol. The zero-order valence-corrected chi connectivity index (χ0v) is 12.5. The van der Waals surface area contributed by atoms with Crippen LogP contribution < -0.4 is 15.4 Å². The fourth-order valence-electron chi connectivity index (χ4n) is 2.44. The second kappa shape index (κ2) is 6.74. The third-order valence-electron chi connectivity index (χ3n) is 3.25. The highest BCUT2D eigenvalue weighted by Crippen LogP contribution is 2.30. The number of hydrogen-bond donors (Lipinski definition) is 1. The van der Waals surface area contributed by atoms with Gasteiger partial charge in [0.1, 0.15) is 12.0 Å². The minimum Gasteiger partial charge on any atom is -0.473 e. The molecular weight excluding hydrogens is 256 g/mol. The van der Waals surface area contributed by atoms with Gasteiger partial charge >= 0.3 is 0 Å². The number of anilines is 2. The average Bonchev–Trinajstić information content (AvgIpc) is 2.41. The first-order valence-corrected chi connectivity index (χ1v) is 7.25. The highest BCUT2D eigenvalue weighted by molar-refractivity contribution is 5.67. The summed E-state index contributed by atoms with van der Waals surface area (Å²) in [5.74, 6) is 1.21. The third-order valence-corrected chi connectivity index (χ3v) is 3.25. The van der Waals surface area contributed by atoms with Crippen LogP contribution in [0.15, 0.2) is 6.33 Å². The molecule has 1 aliphatic heterocycles. The van der Waals surface area contributed by atoms with E-state index in [0.29, 0.717) is 11.6 Å². The van der Waals surface area contributed by atoms with Gasteiger partial charge in [0.15, 0.2) is 5.82 Å². The Kier molecular flexibility index (Phi) is 5.00. The smallest absolute Gasteiger partial charge is 0.242 e. The molecule has 1 fully saturated rings. The van der Waals surface area contributed by atoms with Gasteiger partial charge in [-0.3, -0.25) is 0 Å². The molecular formula is C14H24N4O2. The van der Waals surface area contributed by atoms with Crippen LogP contribution in [0.25, 0.3) is 0 Å². The molecule has 0 saturated carbocycles. The van der Waals surface area contributed by atoms with Crippen LogP contribution in [0.3, 0.4) is 0 Å². The van der Waals surface area contributed by atoms with E-state index in [1.165, 1.54) is 6.33 Å². The van der Waals surface area contributed by atoms with Gasteiger partial charge in [-0.05, 0) is 33.6 Å². The molecule has 0 aliphatic carbocycles. The van der Waals surface area contributed by atoms with Crippen LogP contribution in [0.2, 0.25) is 0 Å². The third kappa shape index (κ3) is 3.50. The second-order valence-electron chi connectivity index (χ2n) is 5.25. The van der Waals surface area contributed by atoms with Gasteiger partial charge in [-0.15, -0.1) is 0 Å². The number of piperidine rings is 1. The zero-order valence-electron chi connectivity index (χ0n) is 12.5. The molecule has 2 rings (SSSR count). The SMILES string of the molecule is CCOC1CCCN(c2ncnc(OC(C)C)c2N)C1. The van der Waals surface area contributed by atoms with Gasteiger partial charge in [0.05, 0.1) is 12.2 Å². The molecule has 1 atom stereocenters. The summed E-state index contributed by atoms with van der Waals surface area (Å²) in [5, 5.41) is 0. The normalized spacial score (nSPS) is 19.4. The second-order valence-corrected chi connectivity index (χ2v) is 5.25. The Labute approximate surface area is 120 Å². The first-order valence-electron chi connectivity index (χ1n) is 7.25. The molecule has 6 nitrogen and oxygen atoms in total. The van der Waals surface area contributed by atoms with Gasteiger partial charge in [-0.2, -0.15) is 4.98 Å². The van der Waals surface area contributed by atoms with Gasteiger partial charge in [-0.1, -0.05) is 0 Å². The summed E-state index contributed by atoms with van der Waals surface area (Å²) in [4.78, 5) is 10.6. The summed E-state index contributed by atoms with van der Waals surface area (Å²) >= 11 is 0. The standard InChI is InChI=1S/C14H24N4O2/c1-4-19-11-6-5-7-18(8-11)13-12(15)14(17-9-16-13)20-10(2)3/h9-11H,4-8,15H2,1-3H3. The summed E-state index contributed by atoms with van der Waals surface area (Å²) in [6.07, 6.45) is 3.96. The zero-order chi connectivity index (χ0) is 14.5. The number of nitrogens with zero attached hydrogens (tertiary/aromatic N) is 3. The van der Waals surface area contributed by atoms with E-state index in [1.807, 2.05) is 20.8 Å². The van der Waals surface area contributed by atoms with Crippen molar-refractivity contribution in [2.75, 3.05) is 30.3 Å². The first kappa shape index (κ1) is 14.8. The Morgan fingerprint density at radius 2 is 2.25 bits per heavy atom. The van der Waals surface area contributed by atoms with Crippen LogP contribution in [-0.4, -0.2) is 41.9 Å². The molecule has 112 valence electrons. The van der Waals surface area contributed by atoms with E-state index in [9.17, 15) is 0 Å². The van der Waals surface area contributed by atoms with E-state index in [2.05, 4.69) is 14.9 Å².